The Balaban J connectivity index is 2.32. The molecule has 0 bridgehead atoms. The number of hydrogen-bond acceptors (Lipinski definition) is 2. The smallest absolute Gasteiger partial charge is 0.219 e. The van der Waals surface area contributed by atoms with Crippen LogP contribution < -0.4 is 10.6 Å². The number of carbonyl (C=O) groups excluding carboxylic acids is 1. The van der Waals surface area contributed by atoms with Crippen LogP contribution in [0.3, 0.4) is 0 Å². The molecule has 0 aliphatic rings. The summed E-state index contributed by atoms with van der Waals surface area (Å²) in [6, 6.07) is 4.53. The molecular weight excluding hydrogens is 231 g/mol. The molecule has 3 nitrogen and oxygen atoms in total. The first kappa shape index (κ1) is 12.8. The van der Waals surface area contributed by atoms with Gasteiger partial charge in [-0.2, -0.15) is 0 Å². The fourth-order valence-electron chi connectivity index (χ4n) is 1.21. The van der Waals surface area contributed by atoms with E-state index >= 15 is 0 Å². The van der Waals surface area contributed by atoms with E-state index in [2.05, 4.69) is 10.6 Å². The van der Waals surface area contributed by atoms with E-state index in [0.717, 1.165) is 0 Å². The summed E-state index contributed by atoms with van der Waals surface area (Å²) in [5.41, 5.74) is 0.666. The minimum atomic E-state index is -0.446. The Bertz CT molecular complexity index is 371. The topological polar surface area (TPSA) is 41.1 Å². The number of rotatable bonds is 5. The van der Waals surface area contributed by atoms with Crippen molar-refractivity contribution in [2.45, 2.75) is 12.8 Å². The highest BCUT2D eigenvalue weighted by molar-refractivity contribution is 6.30. The SMILES string of the molecule is CNC(=O)CCCNc1ccc(Cl)c(F)c1. The molecular formula is C11H14ClFN2O. The number of benzene rings is 1. The molecule has 0 unspecified atom stereocenters. The van der Waals surface area contributed by atoms with Crippen LogP contribution in [0, 0.1) is 5.82 Å². The van der Waals surface area contributed by atoms with Crippen molar-refractivity contribution in [2.24, 2.45) is 0 Å². The van der Waals surface area contributed by atoms with Gasteiger partial charge in [0.25, 0.3) is 0 Å². The maximum Gasteiger partial charge on any atom is 0.219 e. The third-order valence-corrected chi connectivity index (χ3v) is 2.41. The molecule has 1 rings (SSSR count). The summed E-state index contributed by atoms with van der Waals surface area (Å²) in [5.74, 6) is -0.443. The molecule has 0 heterocycles. The quantitative estimate of drug-likeness (QED) is 0.781. The molecule has 0 saturated heterocycles. The van der Waals surface area contributed by atoms with Gasteiger partial charge >= 0.3 is 0 Å². The summed E-state index contributed by atoms with van der Waals surface area (Å²) < 4.78 is 13.0. The lowest BCUT2D eigenvalue weighted by Crippen LogP contribution is -2.18. The van der Waals surface area contributed by atoms with E-state index < -0.39 is 5.82 Å². The van der Waals surface area contributed by atoms with E-state index in [0.29, 0.717) is 25.1 Å². The maximum atomic E-state index is 13.0. The van der Waals surface area contributed by atoms with E-state index in [-0.39, 0.29) is 10.9 Å². The Morgan fingerprint density at radius 2 is 2.25 bits per heavy atom. The van der Waals surface area contributed by atoms with Gasteiger partial charge < -0.3 is 10.6 Å². The van der Waals surface area contributed by atoms with Crippen molar-refractivity contribution in [3.05, 3.63) is 29.0 Å². The predicted molar refractivity (Wildman–Crippen MR) is 63.2 cm³/mol. The highest BCUT2D eigenvalue weighted by Gasteiger charge is 2.01. The zero-order valence-corrected chi connectivity index (χ0v) is 9.77. The number of hydrogen-bond donors (Lipinski definition) is 2. The Hall–Kier alpha value is -1.29. The number of amides is 1. The van der Waals surface area contributed by atoms with Gasteiger partial charge in [0.15, 0.2) is 0 Å². The molecule has 1 amide bonds. The number of nitrogens with one attached hydrogen (secondary N) is 2. The first-order chi connectivity index (χ1) is 7.63. The summed E-state index contributed by atoms with van der Waals surface area (Å²) in [6.45, 7) is 0.620. The minimum Gasteiger partial charge on any atom is -0.385 e. The fraction of sp³-hybridized carbons (Fsp3) is 0.364. The second kappa shape index (κ2) is 6.33. The molecule has 5 heteroatoms. The lowest BCUT2D eigenvalue weighted by Gasteiger charge is -2.06. The first-order valence-electron chi connectivity index (χ1n) is 5.03. The minimum absolute atomic E-state index is 0.00378. The molecule has 88 valence electrons. The first-order valence-corrected chi connectivity index (χ1v) is 5.41. The van der Waals surface area contributed by atoms with Crippen LogP contribution in [0.15, 0.2) is 18.2 Å². The fourth-order valence-corrected chi connectivity index (χ4v) is 1.33. The Morgan fingerprint density at radius 3 is 2.88 bits per heavy atom. The summed E-state index contributed by atoms with van der Waals surface area (Å²) in [7, 11) is 1.60. The van der Waals surface area contributed by atoms with Crippen molar-refractivity contribution < 1.29 is 9.18 Å². The van der Waals surface area contributed by atoms with Gasteiger partial charge in [-0.3, -0.25) is 4.79 Å². The molecule has 0 atom stereocenters. The van der Waals surface area contributed by atoms with Crippen LogP contribution in [-0.2, 0) is 4.79 Å². The molecule has 16 heavy (non-hydrogen) atoms. The molecule has 0 saturated carbocycles. The monoisotopic (exact) mass is 244 g/mol. The average Bonchev–Trinajstić information content (AvgIpc) is 2.28. The van der Waals surface area contributed by atoms with E-state index in [9.17, 15) is 9.18 Å². The van der Waals surface area contributed by atoms with E-state index in [1.54, 1.807) is 13.1 Å². The molecule has 0 radical (unpaired) electrons. The second-order valence-electron chi connectivity index (χ2n) is 3.33. The van der Waals surface area contributed by atoms with Crippen LogP contribution in [0.25, 0.3) is 0 Å². The molecule has 0 fully saturated rings. The third-order valence-electron chi connectivity index (χ3n) is 2.11. The van der Waals surface area contributed by atoms with E-state index in [1.807, 2.05) is 0 Å². The van der Waals surface area contributed by atoms with Crippen LogP contribution >= 0.6 is 11.6 Å². The molecule has 0 aromatic heterocycles. The zero-order valence-electron chi connectivity index (χ0n) is 9.02. The lowest BCUT2D eigenvalue weighted by atomic mass is 10.2. The van der Waals surface area contributed by atoms with Crippen molar-refractivity contribution in [1.82, 2.24) is 5.32 Å². The summed E-state index contributed by atoms with van der Waals surface area (Å²) in [4.78, 5) is 10.9. The highest BCUT2D eigenvalue weighted by atomic mass is 35.5. The summed E-state index contributed by atoms with van der Waals surface area (Å²) in [6.07, 6.45) is 1.16. The number of halogens is 2. The highest BCUT2D eigenvalue weighted by Crippen LogP contribution is 2.18. The van der Waals surface area contributed by atoms with Gasteiger partial charge in [0.2, 0.25) is 5.91 Å². The molecule has 0 aliphatic carbocycles. The molecule has 0 aliphatic heterocycles. The van der Waals surface area contributed by atoms with Gasteiger partial charge in [-0.25, -0.2) is 4.39 Å². The third kappa shape index (κ3) is 4.06. The van der Waals surface area contributed by atoms with Crippen LogP contribution in [0.2, 0.25) is 5.02 Å². The van der Waals surface area contributed by atoms with E-state index in [4.69, 9.17) is 11.6 Å². The van der Waals surface area contributed by atoms with Crippen molar-refractivity contribution in [3.63, 3.8) is 0 Å². The van der Waals surface area contributed by atoms with Gasteiger partial charge in [0.05, 0.1) is 5.02 Å². The number of anilines is 1. The zero-order chi connectivity index (χ0) is 12.0. The summed E-state index contributed by atoms with van der Waals surface area (Å²) in [5, 5.41) is 5.66. The lowest BCUT2D eigenvalue weighted by molar-refractivity contribution is -0.120. The predicted octanol–water partition coefficient (Wildman–Crippen LogP) is 2.42. The van der Waals surface area contributed by atoms with Gasteiger partial charge in [-0.15, -0.1) is 0 Å². The Morgan fingerprint density at radius 1 is 1.50 bits per heavy atom. The average molecular weight is 245 g/mol. The molecule has 1 aromatic rings. The van der Waals surface area contributed by atoms with Crippen molar-refractivity contribution >= 4 is 23.2 Å². The standard InChI is InChI=1S/C11H14ClFN2O/c1-14-11(16)3-2-6-15-8-4-5-9(12)10(13)7-8/h4-5,7,15H,2-3,6H2,1H3,(H,14,16). The van der Waals surface area contributed by atoms with Crippen molar-refractivity contribution in [1.29, 1.82) is 0 Å². The van der Waals surface area contributed by atoms with Gasteiger partial charge in [0.1, 0.15) is 5.82 Å². The van der Waals surface area contributed by atoms with Crippen LogP contribution in [0.1, 0.15) is 12.8 Å². The van der Waals surface area contributed by atoms with Gasteiger partial charge in [0, 0.05) is 25.7 Å². The molecule has 2 N–H and O–H groups in total. The van der Waals surface area contributed by atoms with Crippen LogP contribution in [0.4, 0.5) is 10.1 Å². The Labute approximate surface area is 99.0 Å². The van der Waals surface area contributed by atoms with Crippen molar-refractivity contribution in [2.75, 3.05) is 18.9 Å². The number of carbonyl (C=O) groups is 1. The Kier molecular flexibility index (Phi) is 5.05. The normalized spacial score (nSPS) is 9.94. The van der Waals surface area contributed by atoms with Gasteiger partial charge in [-0.05, 0) is 24.6 Å². The molecule has 0 spiro atoms. The van der Waals surface area contributed by atoms with Gasteiger partial charge in [-0.1, -0.05) is 11.6 Å². The van der Waals surface area contributed by atoms with Crippen LogP contribution in [-0.4, -0.2) is 19.5 Å². The van der Waals surface area contributed by atoms with Crippen LogP contribution in [0.5, 0.6) is 0 Å². The summed E-state index contributed by atoms with van der Waals surface area (Å²) >= 11 is 5.55. The maximum absolute atomic E-state index is 13.0. The largest absolute Gasteiger partial charge is 0.385 e. The second-order valence-corrected chi connectivity index (χ2v) is 3.74. The van der Waals surface area contributed by atoms with E-state index in [1.165, 1.54) is 12.1 Å². The molecule has 1 aromatic carbocycles. The van der Waals surface area contributed by atoms with Crippen molar-refractivity contribution in [3.8, 4) is 0 Å².